The van der Waals surface area contributed by atoms with Crippen molar-refractivity contribution >= 4 is 11.6 Å². The molecule has 0 aromatic heterocycles. The second-order valence-corrected chi connectivity index (χ2v) is 4.24. The monoisotopic (exact) mass is 216 g/mol. The number of rotatable bonds is 10. The summed E-state index contributed by atoms with van der Waals surface area (Å²) >= 11 is 5.58. The van der Waals surface area contributed by atoms with Gasteiger partial charge in [-0.2, -0.15) is 0 Å². The van der Waals surface area contributed by atoms with Crippen molar-refractivity contribution in [3.05, 3.63) is 12.2 Å². The lowest BCUT2D eigenvalue weighted by Gasteiger charge is -1.97. The van der Waals surface area contributed by atoms with E-state index in [1.54, 1.807) is 0 Å². The number of unbranched alkanes of at least 4 members (excludes halogenated alkanes) is 7. The van der Waals surface area contributed by atoms with E-state index < -0.39 is 0 Å². The second-order valence-electron chi connectivity index (χ2n) is 3.86. The Kier molecular flexibility index (Phi) is 13.1. The SMILES string of the molecule is CCCCCCCC/C=C\CCCCl. The quantitative estimate of drug-likeness (QED) is 0.264. The van der Waals surface area contributed by atoms with Gasteiger partial charge in [0.05, 0.1) is 0 Å². The normalized spacial score (nSPS) is 11.3. The molecule has 0 heterocycles. The van der Waals surface area contributed by atoms with Crippen molar-refractivity contribution in [3.63, 3.8) is 0 Å². The molecule has 0 nitrogen and oxygen atoms in total. The summed E-state index contributed by atoms with van der Waals surface area (Å²) in [5.74, 6) is 0.793. The van der Waals surface area contributed by atoms with Crippen molar-refractivity contribution in [1.82, 2.24) is 0 Å². The van der Waals surface area contributed by atoms with Crippen molar-refractivity contribution in [2.75, 3.05) is 5.88 Å². The molecule has 0 saturated carbocycles. The molecular weight excluding hydrogens is 192 g/mol. The Morgan fingerprint density at radius 3 is 2.00 bits per heavy atom. The minimum atomic E-state index is 0.793. The molecule has 0 rings (SSSR count). The minimum Gasteiger partial charge on any atom is -0.127 e. The van der Waals surface area contributed by atoms with E-state index in [1.165, 1.54) is 44.9 Å². The van der Waals surface area contributed by atoms with Gasteiger partial charge in [0.2, 0.25) is 0 Å². The molecule has 0 bridgehead atoms. The predicted molar refractivity (Wildman–Crippen MR) is 67.1 cm³/mol. The average molecular weight is 217 g/mol. The Balaban J connectivity index is 2.94. The van der Waals surface area contributed by atoms with Crippen LogP contribution >= 0.6 is 11.6 Å². The van der Waals surface area contributed by atoms with Crippen LogP contribution in [0.4, 0.5) is 0 Å². The first kappa shape index (κ1) is 14.0. The van der Waals surface area contributed by atoms with Crippen molar-refractivity contribution < 1.29 is 0 Å². The third-order valence-corrected chi connectivity index (χ3v) is 2.66. The van der Waals surface area contributed by atoms with Crippen LogP contribution in [0, 0.1) is 0 Å². The van der Waals surface area contributed by atoms with E-state index >= 15 is 0 Å². The van der Waals surface area contributed by atoms with Crippen molar-refractivity contribution in [2.45, 2.75) is 64.7 Å². The summed E-state index contributed by atoms with van der Waals surface area (Å²) in [5.41, 5.74) is 0. The van der Waals surface area contributed by atoms with E-state index in [0.717, 1.165) is 18.7 Å². The molecule has 0 amide bonds. The molecule has 0 aliphatic heterocycles. The summed E-state index contributed by atoms with van der Waals surface area (Å²) in [7, 11) is 0. The lowest BCUT2D eigenvalue weighted by Crippen LogP contribution is -1.77. The first-order valence-electron chi connectivity index (χ1n) is 6.12. The van der Waals surface area contributed by atoms with Gasteiger partial charge < -0.3 is 0 Å². The Morgan fingerprint density at radius 2 is 1.36 bits per heavy atom. The highest BCUT2D eigenvalue weighted by Gasteiger charge is 1.87. The molecule has 0 unspecified atom stereocenters. The van der Waals surface area contributed by atoms with Crippen LogP contribution in [0.25, 0.3) is 0 Å². The molecule has 0 fully saturated rings. The standard InChI is InChI=1S/C13H25Cl/c1-2-3-4-5-6-7-8-9-10-11-12-13-14/h9-10H,2-8,11-13H2,1H3/b10-9-. The maximum Gasteiger partial charge on any atom is 0.0226 e. The summed E-state index contributed by atoms with van der Waals surface area (Å²) < 4.78 is 0. The zero-order valence-electron chi connectivity index (χ0n) is 9.60. The molecule has 0 atom stereocenters. The summed E-state index contributed by atoms with van der Waals surface area (Å²) in [4.78, 5) is 0. The molecule has 0 spiro atoms. The van der Waals surface area contributed by atoms with Gasteiger partial charge in [-0.1, -0.05) is 51.2 Å². The average Bonchev–Trinajstić information content (AvgIpc) is 2.21. The number of allylic oxidation sites excluding steroid dienone is 2. The van der Waals surface area contributed by atoms with Crippen molar-refractivity contribution in [3.8, 4) is 0 Å². The highest BCUT2D eigenvalue weighted by Crippen LogP contribution is 2.07. The maximum atomic E-state index is 5.58. The number of halogens is 1. The van der Waals surface area contributed by atoms with Crippen LogP contribution in [0.1, 0.15) is 64.7 Å². The summed E-state index contributed by atoms with van der Waals surface area (Å²) in [5, 5.41) is 0. The first-order chi connectivity index (χ1) is 6.91. The van der Waals surface area contributed by atoms with Gasteiger partial charge in [0.25, 0.3) is 0 Å². The fraction of sp³-hybridized carbons (Fsp3) is 0.846. The Hall–Kier alpha value is 0.0300. The van der Waals surface area contributed by atoms with Crippen LogP contribution in [-0.2, 0) is 0 Å². The lowest BCUT2D eigenvalue weighted by atomic mass is 10.1. The zero-order chi connectivity index (χ0) is 10.5. The molecule has 0 aliphatic rings. The van der Waals surface area contributed by atoms with Gasteiger partial charge in [-0.15, -0.1) is 11.6 Å². The lowest BCUT2D eigenvalue weighted by molar-refractivity contribution is 0.611. The number of hydrogen-bond acceptors (Lipinski definition) is 0. The van der Waals surface area contributed by atoms with Gasteiger partial charge in [-0.25, -0.2) is 0 Å². The van der Waals surface area contributed by atoms with Crippen LogP contribution in [-0.4, -0.2) is 5.88 Å². The van der Waals surface area contributed by atoms with Gasteiger partial charge in [0.15, 0.2) is 0 Å². The third-order valence-electron chi connectivity index (χ3n) is 2.40. The molecule has 14 heavy (non-hydrogen) atoms. The fourth-order valence-corrected chi connectivity index (χ4v) is 1.63. The van der Waals surface area contributed by atoms with Gasteiger partial charge in [0, 0.05) is 5.88 Å². The topological polar surface area (TPSA) is 0 Å². The second kappa shape index (κ2) is 13.0. The Morgan fingerprint density at radius 1 is 0.786 bits per heavy atom. The van der Waals surface area contributed by atoms with E-state index in [-0.39, 0.29) is 0 Å². The third kappa shape index (κ3) is 12.0. The van der Waals surface area contributed by atoms with E-state index in [0.29, 0.717) is 0 Å². The maximum absolute atomic E-state index is 5.58. The highest BCUT2D eigenvalue weighted by molar-refractivity contribution is 6.17. The fourth-order valence-electron chi connectivity index (χ4n) is 1.47. The van der Waals surface area contributed by atoms with Crippen LogP contribution < -0.4 is 0 Å². The summed E-state index contributed by atoms with van der Waals surface area (Å²) in [6.45, 7) is 2.26. The van der Waals surface area contributed by atoms with Gasteiger partial charge >= 0.3 is 0 Å². The van der Waals surface area contributed by atoms with Gasteiger partial charge in [-0.05, 0) is 25.7 Å². The molecule has 0 radical (unpaired) electrons. The Bertz CT molecular complexity index is 118. The largest absolute Gasteiger partial charge is 0.127 e. The number of alkyl halides is 1. The van der Waals surface area contributed by atoms with E-state index in [4.69, 9.17) is 11.6 Å². The van der Waals surface area contributed by atoms with Crippen molar-refractivity contribution in [2.24, 2.45) is 0 Å². The van der Waals surface area contributed by atoms with Gasteiger partial charge in [-0.3, -0.25) is 0 Å². The summed E-state index contributed by atoms with van der Waals surface area (Å²) in [6.07, 6.45) is 16.5. The molecule has 0 aromatic rings. The molecular formula is C13H25Cl. The molecule has 0 aromatic carbocycles. The van der Waals surface area contributed by atoms with Crippen LogP contribution in [0.3, 0.4) is 0 Å². The molecule has 0 N–H and O–H groups in total. The number of hydrogen-bond donors (Lipinski definition) is 0. The van der Waals surface area contributed by atoms with E-state index in [2.05, 4.69) is 19.1 Å². The van der Waals surface area contributed by atoms with Crippen LogP contribution in [0.5, 0.6) is 0 Å². The van der Waals surface area contributed by atoms with Crippen molar-refractivity contribution in [1.29, 1.82) is 0 Å². The van der Waals surface area contributed by atoms with Crippen LogP contribution in [0.15, 0.2) is 12.2 Å². The molecule has 1 heteroatoms. The minimum absolute atomic E-state index is 0.793. The molecule has 0 saturated heterocycles. The Labute approximate surface area is 94.7 Å². The predicted octanol–water partition coefficient (Wildman–Crippen LogP) is 5.31. The highest BCUT2D eigenvalue weighted by atomic mass is 35.5. The first-order valence-corrected chi connectivity index (χ1v) is 6.66. The van der Waals surface area contributed by atoms with E-state index in [1.807, 2.05) is 0 Å². The smallest absolute Gasteiger partial charge is 0.0226 e. The molecule has 0 aliphatic carbocycles. The van der Waals surface area contributed by atoms with E-state index in [9.17, 15) is 0 Å². The summed E-state index contributed by atoms with van der Waals surface area (Å²) in [6, 6.07) is 0. The van der Waals surface area contributed by atoms with Gasteiger partial charge in [0.1, 0.15) is 0 Å². The zero-order valence-corrected chi connectivity index (χ0v) is 10.4. The van der Waals surface area contributed by atoms with Crippen LogP contribution in [0.2, 0.25) is 0 Å². The molecule has 84 valence electrons.